The number of hydrogen-bond acceptors (Lipinski definition) is 4. The third-order valence-electron chi connectivity index (χ3n) is 5.39. The maximum atomic E-state index is 12.3. The van der Waals surface area contributed by atoms with Crippen LogP contribution in [0.1, 0.15) is 37.8 Å². The van der Waals surface area contributed by atoms with Crippen molar-refractivity contribution in [3.8, 4) is 0 Å². The molecule has 0 radical (unpaired) electrons. The highest BCUT2D eigenvalue weighted by Gasteiger charge is 2.21. The van der Waals surface area contributed by atoms with E-state index in [-0.39, 0.29) is 29.7 Å². The molecule has 0 atom stereocenters. The smallest absolute Gasteiger partial charge is 0.215 e. The van der Waals surface area contributed by atoms with Crippen LogP contribution in [-0.2, 0) is 16.6 Å². The Bertz CT molecular complexity index is 760. The number of sulfonamides is 1. The Balaban J connectivity index is 0.00000450. The molecule has 0 unspecified atom stereocenters. The van der Waals surface area contributed by atoms with Crippen molar-refractivity contribution >= 4 is 40.0 Å². The van der Waals surface area contributed by atoms with Gasteiger partial charge in [0.15, 0.2) is 5.96 Å². The van der Waals surface area contributed by atoms with Gasteiger partial charge in [0.1, 0.15) is 0 Å². The van der Waals surface area contributed by atoms with E-state index in [0.717, 1.165) is 32.5 Å². The number of halogens is 1. The van der Waals surface area contributed by atoms with Crippen molar-refractivity contribution in [1.29, 1.82) is 0 Å². The van der Waals surface area contributed by atoms with Crippen molar-refractivity contribution in [3.63, 3.8) is 0 Å². The summed E-state index contributed by atoms with van der Waals surface area (Å²) in [5.41, 5.74) is 2.67. The summed E-state index contributed by atoms with van der Waals surface area (Å²) in [5.74, 6) is 0.751. The van der Waals surface area contributed by atoms with Gasteiger partial charge in [-0.15, -0.1) is 24.0 Å². The minimum Gasteiger partial charge on any atom is -0.355 e. The van der Waals surface area contributed by atoms with Crippen LogP contribution < -0.4 is 10.6 Å². The lowest BCUT2D eigenvalue weighted by molar-refractivity contribution is 0.198. The highest BCUT2D eigenvalue weighted by molar-refractivity contribution is 14.0. The average Bonchev–Trinajstić information content (AvgIpc) is 2.69. The molecule has 30 heavy (non-hydrogen) atoms. The van der Waals surface area contributed by atoms with Crippen LogP contribution in [0.2, 0.25) is 0 Å². The van der Waals surface area contributed by atoms with E-state index in [1.165, 1.54) is 15.4 Å². The van der Waals surface area contributed by atoms with Gasteiger partial charge in [0.25, 0.3) is 0 Å². The summed E-state index contributed by atoms with van der Waals surface area (Å²) >= 11 is 0. The van der Waals surface area contributed by atoms with Crippen LogP contribution in [0.25, 0.3) is 0 Å². The van der Waals surface area contributed by atoms with Gasteiger partial charge in [-0.2, -0.15) is 0 Å². The number of rotatable bonds is 9. The summed E-state index contributed by atoms with van der Waals surface area (Å²) in [6.07, 6.45) is 2.09. The zero-order valence-electron chi connectivity index (χ0n) is 18.7. The van der Waals surface area contributed by atoms with Gasteiger partial charge in [-0.25, -0.2) is 12.7 Å². The quantitative estimate of drug-likeness (QED) is 0.280. The second-order valence-electron chi connectivity index (χ2n) is 7.58. The van der Waals surface area contributed by atoms with Gasteiger partial charge >= 0.3 is 0 Å². The minimum atomic E-state index is -3.22. The Labute approximate surface area is 199 Å². The summed E-state index contributed by atoms with van der Waals surface area (Å²) in [6, 6.07) is 9.05. The molecule has 0 aliphatic carbocycles. The molecule has 1 heterocycles. The number of benzene rings is 1. The number of aryl methyl sites for hydroxylation is 1. The molecular weight excluding hydrogens is 513 g/mol. The molecule has 0 saturated carbocycles. The predicted octanol–water partition coefficient (Wildman–Crippen LogP) is 2.41. The van der Waals surface area contributed by atoms with Crippen LogP contribution in [0.5, 0.6) is 0 Å². The Morgan fingerprint density at radius 2 is 1.90 bits per heavy atom. The van der Waals surface area contributed by atoms with E-state index < -0.39 is 10.0 Å². The lowest BCUT2D eigenvalue weighted by Gasteiger charge is -2.33. The molecule has 0 bridgehead atoms. The molecule has 1 saturated heterocycles. The summed E-state index contributed by atoms with van der Waals surface area (Å²) in [6.45, 7) is 10.3. The second-order valence-corrected chi connectivity index (χ2v) is 9.67. The van der Waals surface area contributed by atoms with Gasteiger partial charge in [0.05, 0.1) is 5.75 Å². The van der Waals surface area contributed by atoms with Gasteiger partial charge in [-0.05, 0) is 25.3 Å². The normalized spacial score (nSPS) is 16.4. The fourth-order valence-corrected chi connectivity index (χ4v) is 5.14. The lowest BCUT2D eigenvalue weighted by atomic mass is 10.0. The summed E-state index contributed by atoms with van der Waals surface area (Å²) in [7, 11) is -1.49. The monoisotopic (exact) mass is 551 g/mol. The molecule has 7 nitrogen and oxygen atoms in total. The number of aliphatic imine (C=N–C) groups is 1. The zero-order valence-corrected chi connectivity index (χ0v) is 21.9. The molecule has 0 aromatic heterocycles. The molecule has 1 aromatic carbocycles. The lowest BCUT2D eigenvalue weighted by Crippen LogP contribution is -2.49. The molecule has 172 valence electrons. The van der Waals surface area contributed by atoms with Crippen LogP contribution in [-0.4, -0.2) is 75.1 Å². The van der Waals surface area contributed by atoms with Crippen LogP contribution in [0.4, 0.5) is 0 Å². The van der Waals surface area contributed by atoms with Crippen molar-refractivity contribution in [2.75, 3.05) is 45.5 Å². The third-order valence-corrected chi connectivity index (χ3v) is 7.42. The number of nitrogens with one attached hydrogen (secondary N) is 2. The summed E-state index contributed by atoms with van der Waals surface area (Å²) in [5, 5.41) is 6.60. The summed E-state index contributed by atoms with van der Waals surface area (Å²) < 4.78 is 26.1. The van der Waals surface area contributed by atoms with E-state index in [0.29, 0.717) is 31.6 Å². The number of guanidine groups is 1. The van der Waals surface area contributed by atoms with E-state index in [9.17, 15) is 8.42 Å². The Morgan fingerprint density at radius 3 is 2.47 bits per heavy atom. The van der Waals surface area contributed by atoms with E-state index in [4.69, 9.17) is 0 Å². The van der Waals surface area contributed by atoms with Crippen molar-refractivity contribution < 1.29 is 8.42 Å². The second kappa shape index (κ2) is 13.5. The van der Waals surface area contributed by atoms with E-state index in [1.54, 1.807) is 7.05 Å². The molecule has 1 aliphatic rings. The van der Waals surface area contributed by atoms with Crippen molar-refractivity contribution in [3.05, 3.63) is 35.4 Å². The first kappa shape index (κ1) is 27.1. The molecule has 1 aliphatic heterocycles. The van der Waals surface area contributed by atoms with Gasteiger partial charge in [-0.1, -0.05) is 43.7 Å². The maximum absolute atomic E-state index is 12.3. The first-order valence-corrected chi connectivity index (χ1v) is 12.2. The van der Waals surface area contributed by atoms with Crippen LogP contribution in [0.15, 0.2) is 29.3 Å². The zero-order chi connectivity index (χ0) is 21.3. The largest absolute Gasteiger partial charge is 0.355 e. The van der Waals surface area contributed by atoms with Crippen molar-refractivity contribution in [1.82, 2.24) is 19.8 Å². The standard InChI is InChI=1S/C21H37N5O2S.HI/c1-5-26(6-2)29(27,28)15-12-23-21(22-4)24-20-10-13-25(14-11-20)17-19-9-7-8-18(3)16-19;/h7-9,16,20H,5-6,10-15,17H2,1-4H3,(H2,22,23,24);1H. The van der Waals surface area contributed by atoms with Gasteiger partial charge in [0, 0.05) is 52.4 Å². The molecule has 9 heteroatoms. The number of piperidine rings is 1. The molecule has 2 rings (SSSR count). The first-order valence-electron chi connectivity index (χ1n) is 10.6. The maximum Gasteiger partial charge on any atom is 0.215 e. The summed E-state index contributed by atoms with van der Waals surface area (Å²) in [4.78, 5) is 6.74. The Kier molecular flexibility index (Phi) is 12.2. The highest BCUT2D eigenvalue weighted by Crippen LogP contribution is 2.14. The Morgan fingerprint density at radius 1 is 1.23 bits per heavy atom. The molecule has 0 amide bonds. The van der Waals surface area contributed by atoms with Gasteiger partial charge in [-0.3, -0.25) is 9.89 Å². The number of hydrogen-bond donors (Lipinski definition) is 2. The van der Waals surface area contributed by atoms with E-state index in [2.05, 4.69) is 51.7 Å². The molecular formula is C21H38IN5O2S. The predicted molar refractivity (Wildman–Crippen MR) is 136 cm³/mol. The molecule has 1 aromatic rings. The SMILES string of the molecule is CCN(CC)S(=O)(=O)CCNC(=NC)NC1CCN(Cc2cccc(C)c2)CC1.I. The first-order chi connectivity index (χ1) is 13.9. The van der Waals surface area contributed by atoms with Gasteiger partial charge < -0.3 is 10.6 Å². The third kappa shape index (κ3) is 8.68. The van der Waals surface area contributed by atoms with Crippen molar-refractivity contribution in [2.45, 2.75) is 46.2 Å². The fraction of sp³-hybridized carbons (Fsp3) is 0.667. The fourth-order valence-electron chi connectivity index (χ4n) is 3.74. The van der Waals surface area contributed by atoms with Crippen LogP contribution in [0, 0.1) is 6.92 Å². The number of likely N-dealkylation sites (tertiary alicyclic amines) is 1. The van der Waals surface area contributed by atoms with E-state index in [1.807, 2.05) is 13.8 Å². The average molecular weight is 552 g/mol. The number of nitrogens with zero attached hydrogens (tertiary/aromatic N) is 3. The van der Waals surface area contributed by atoms with Gasteiger partial charge in [0.2, 0.25) is 10.0 Å². The Hall–Kier alpha value is -0.910. The minimum absolute atomic E-state index is 0. The van der Waals surface area contributed by atoms with Crippen molar-refractivity contribution in [2.24, 2.45) is 4.99 Å². The highest BCUT2D eigenvalue weighted by atomic mass is 127. The molecule has 1 fully saturated rings. The molecule has 2 N–H and O–H groups in total. The van der Waals surface area contributed by atoms with E-state index >= 15 is 0 Å². The molecule has 0 spiro atoms. The van der Waals surface area contributed by atoms with Crippen LogP contribution >= 0.6 is 24.0 Å². The topological polar surface area (TPSA) is 77.0 Å². The van der Waals surface area contributed by atoms with Crippen LogP contribution in [0.3, 0.4) is 0 Å².